The van der Waals surface area contributed by atoms with Crippen molar-refractivity contribution in [2.75, 3.05) is 13.2 Å². The highest BCUT2D eigenvalue weighted by atomic mass is 31.2. The van der Waals surface area contributed by atoms with E-state index in [0.717, 1.165) is 96.3 Å². The van der Waals surface area contributed by atoms with E-state index in [2.05, 4.69) is 50.3 Å². The van der Waals surface area contributed by atoms with Gasteiger partial charge in [0.15, 0.2) is 6.10 Å². The van der Waals surface area contributed by atoms with Gasteiger partial charge in [-0.1, -0.05) is 126 Å². The molecular formula is C42H71O13P. The highest BCUT2D eigenvalue weighted by Gasteiger charge is 2.51. The van der Waals surface area contributed by atoms with Crippen LogP contribution in [0.1, 0.15) is 136 Å². The maximum absolute atomic E-state index is 12.8. The van der Waals surface area contributed by atoms with Gasteiger partial charge in [-0.3, -0.25) is 18.6 Å². The van der Waals surface area contributed by atoms with E-state index in [1.54, 1.807) is 0 Å². The van der Waals surface area contributed by atoms with Crippen molar-refractivity contribution in [1.29, 1.82) is 0 Å². The lowest BCUT2D eigenvalue weighted by molar-refractivity contribution is -0.220. The molecule has 0 heterocycles. The first kappa shape index (κ1) is 51.6. The van der Waals surface area contributed by atoms with Crippen molar-refractivity contribution >= 4 is 19.8 Å². The predicted octanol–water partition coefficient (Wildman–Crippen LogP) is 6.99. The average Bonchev–Trinajstić information content (AvgIpc) is 3.18. The summed E-state index contributed by atoms with van der Waals surface area (Å²) in [7, 11) is -5.12. The van der Waals surface area contributed by atoms with Gasteiger partial charge in [-0.05, 0) is 57.8 Å². The number of hydrogen-bond donors (Lipinski definition) is 6. The number of ether oxygens (including phenoxy) is 2. The molecule has 0 aromatic carbocycles. The summed E-state index contributed by atoms with van der Waals surface area (Å²) >= 11 is 0. The molecule has 13 nitrogen and oxygen atoms in total. The van der Waals surface area contributed by atoms with Crippen LogP contribution < -0.4 is 0 Å². The number of allylic oxidation sites excluding steroid dienone is 10. The van der Waals surface area contributed by atoms with Crippen LogP contribution in [0.15, 0.2) is 60.8 Å². The van der Waals surface area contributed by atoms with Gasteiger partial charge < -0.3 is 39.9 Å². The lowest BCUT2D eigenvalue weighted by Crippen LogP contribution is -2.64. The summed E-state index contributed by atoms with van der Waals surface area (Å²) in [5.74, 6) is -1.14. The maximum atomic E-state index is 12.8. The van der Waals surface area contributed by atoms with E-state index in [-0.39, 0.29) is 12.8 Å². The van der Waals surface area contributed by atoms with Crippen LogP contribution >= 0.6 is 7.82 Å². The number of aliphatic hydroxyl groups excluding tert-OH is 5. The zero-order valence-corrected chi connectivity index (χ0v) is 34.5. The third-order valence-corrected chi connectivity index (χ3v) is 10.2. The maximum Gasteiger partial charge on any atom is 0.472 e. The zero-order chi connectivity index (χ0) is 41.4. The van der Waals surface area contributed by atoms with E-state index < -0.39 is 75.7 Å². The van der Waals surface area contributed by atoms with Crippen molar-refractivity contribution < 1.29 is 63.1 Å². The fourth-order valence-corrected chi connectivity index (χ4v) is 6.83. The summed E-state index contributed by atoms with van der Waals surface area (Å²) in [6, 6.07) is 0. The van der Waals surface area contributed by atoms with E-state index in [4.69, 9.17) is 18.5 Å². The second-order valence-electron chi connectivity index (χ2n) is 14.1. The normalized spacial score (nSPS) is 23.5. The molecule has 56 heavy (non-hydrogen) atoms. The van der Waals surface area contributed by atoms with Gasteiger partial charge in [0, 0.05) is 12.8 Å². The molecule has 0 aliphatic heterocycles. The van der Waals surface area contributed by atoms with E-state index in [9.17, 15) is 44.6 Å². The molecule has 6 N–H and O–H groups in total. The van der Waals surface area contributed by atoms with Gasteiger partial charge in [0.1, 0.15) is 43.2 Å². The van der Waals surface area contributed by atoms with Gasteiger partial charge in [0.25, 0.3) is 0 Å². The van der Waals surface area contributed by atoms with Gasteiger partial charge in [-0.2, -0.15) is 0 Å². The first-order valence-corrected chi connectivity index (χ1v) is 22.1. The Kier molecular flexibility index (Phi) is 29.9. The minimum atomic E-state index is -5.12. The Morgan fingerprint density at radius 3 is 1.64 bits per heavy atom. The number of phosphoric acid groups is 1. The van der Waals surface area contributed by atoms with Crippen LogP contribution in [0.3, 0.4) is 0 Å². The van der Waals surface area contributed by atoms with Gasteiger partial charge in [0.05, 0.1) is 6.61 Å². The van der Waals surface area contributed by atoms with Gasteiger partial charge in [0.2, 0.25) is 0 Å². The van der Waals surface area contributed by atoms with Crippen molar-refractivity contribution in [2.45, 2.75) is 179 Å². The lowest BCUT2D eigenvalue weighted by atomic mass is 9.85. The summed E-state index contributed by atoms with van der Waals surface area (Å²) in [6.45, 7) is 3.00. The van der Waals surface area contributed by atoms with Crippen molar-refractivity contribution in [1.82, 2.24) is 0 Å². The molecule has 7 unspecified atom stereocenters. The molecule has 1 fully saturated rings. The molecule has 14 heteroatoms. The first-order valence-electron chi connectivity index (χ1n) is 20.6. The SMILES string of the molecule is CC/C=C/C=C/C=C/CCCCCCCC(=O)OC(COC(=O)CCCCCCCCC/C=C/C/C=C/CC)COP(=O)(O)OC1C(O)C(O)C(O)[C@H](O)C1O. The summed E-state index contributed by atoms with van der Waals surface area (Å²) in [6.07, 6.45) is 24.3. The lowest BCUT2D eigenvalue weighted by Gasteiger charge is -2.41. The number of aliphatic hydroxyl groups is 5. The summed E-state index contributed by atoms with van der Waals surface area (Å²) in [5, 5.41) is 50.0. The largest absolute Gasteiger partial charge is 0.472 e. The molecule has 0 aromatic rings. The number of carbonyl (C=O) groups excluding carboxylic acids is 2. The highest BCUT2D eigenvalue weighted by molar-refractivity contribution is 7.47. The quantitative estimate of drug-likeness (QED) is 0.0133. The third-order valence-electron chi connectivity index (χ3n) is 9.17. The van der Waals surface area contributed by atoms with Crippen LogP contribution in [0, 0.1) is 0 Å². The topological polar surface area (TPSA) is 210 Å². The Hall–Kier alpha value is -2.45. The number of esters is 2. The molecular weight excluding hydrogens is 743 g/mol. The monoisotopic (exact) mass is 814 g/mol. The van der Waals surface area contributed by atoms with Crippen LogP contribution in [-0.2, 0) is 32.7 Å². The number of phosphoric ester groups is 1. The second kappa shape index (κ2) is 32.5. The Morgan fingerprint density at radius 1 is 0.571 bits per heavy atom. The molecule has 0 amide bonds. The van der Waals surface area contributed by atoms with E-state index in [1.807, 2.05) is 24.3 Å². The fourth-order valence-electron chi connectivity index (χ4n) is 5.85. The minimum Gasteiger partial charge on any atom is -0.462 e. The molecule has 1 rings (SSSR count). The molecule has 322 valence electrons. The molecule has 0 radical (unpaired) electrons. The van der Waals surface area contributed by atoms with Crippen LogP contribution in [0.4, 0.5) is 0 Å². The minimum absolute atomic E-state index is 0.0691. The molecule has 0 bridgehead atoms. The van der Waals surface area contributed by atoms with Crippen LogP contribution in [0.25, 0.3) is 0 Å². The molecule has 1 saturated carbocycles. The Bertz CT molecular complexity index is 1220. The van der Waals surface area contributed by atoms with E-state index in [1.165, 1.54) is 0 Å². The molecule has 0 aromatic heterocycles. The molecule has 0 spiro atoms. The molecule has 8 atom stereocenters. The second-order valence-corrected chi connectivity index (χ2v) is 15.5. The van der Waals surface area contributed by atoms with Crippen molar-refractivity contribution in [3.05, 3.63) is 60.8 Å². The zero-order valence-electron chi connectivity index (χ0n) is 33.7. The number of rotatable bonds is 32. The third kappa shape index (κ3) is 25.0. The fraction of sp³-hybridized carbons (Fsp3) is 0.714. The summed E-state index contributed by atoms with van der Waals surface area (Å²) in [5.41, 5.74) is 0. The predicted molar refractivity (Wildman–Crippen MR) is 216 cm³/mol. The molecule has 1 aliphatic rings. The van der Waals surface area contributed by atoms with Crippen molar-refractivity contribution in [2.24, 2.45) is 0 Å². The smallest absolute Gasteiger partial charge is 0.462 e. The first-order chi connectivity index (χ1) is 26.9. The van der Waals surface area contributed by atoms with Crippen molar-refractivity contribution in [3.8, 4) is 0 Å². The Balaban J connectivity index is 2.53. The van der Waals surface area contributed by atoms with Gasteiger partial charge in [-0.15, -0.1) is 0 Å². The number of hydrogen-bond acceptors (Lipinski definition) is 12. The Labute approximate surface area is 334 Å². The van der Waals surface area contributed by atoms with Crippen molar-refractivity contribution in [3.63, 3.8) is 0 Å². The number of unbranched alkanes of at least 4 members (excludes halogenated alkanes) is 12. The average molecular weight is 815 g/mol. The standard InChI is InChI=1S/C42H71O13P/c1-3-5-7-9-11-13-15-17-19-20-22-24-26-28-30-35(43)52-32-34(33-53-56(50,51)55-42-40(48)38(46)37(45)39(47)41(42)49)54-36(44)31-29-27-25-23-21-18-16-14-12-10-8-6-4-2/h5-8,10-14,16,34,37-42,45-49H,3-4,9,15,17-33H2,1-2H3,(H,50,51)/b7-5+,8-6+,12-10+,13-11+,16-14+/t34?,37?,38-,39?,40?,41?,42?/m0/s1. The van der Waals surface area contributed by atoms with Gasteiger partial charge >= 0.3 is 19.8 Å². The van der Waals surface area contributed by atoms with E-state index >= 15 is 0 Å². The van der Waals surface area contributed by atoms with E-state index in [0.29, 0.717) is 12.8 Å². The van der Waals surface area contributed by atoms with Crippen LogP contribution in [0.5, 0.6) is 0 Å². The summed E-state index contributed by atoms with van der Waals surface area (Å²) in [4.78, 5) is 35.5. The van der Waals surface area contributed by atoms with Crippen LogP contribution in [0.2, 0.25) is 0 Å². The molecule has 0 saturated heterocycles. The summed E-state index contributed by atoms with van der Waals surface area (Å²) < 4.78 is 33.4. The Morgan fingerprint density at radius 2 is 1.05 bits per heavy atom. The van der Waals surface area contributed by atoms with Gasteiger partial charge in [-0.25, -0.2) is 4.57 Å². The molecule has 1 aliphatic carbocycles. The number of carbonyl (C=O) groups is 2. The highest BCUT2D eigenvalue weighted by Crippen LogP contribution is 2.47. The van der Waals surface area contributed by atoms with Crippen LogP contribution in [-0.4, -0.2) is 98.3 Å².